The van der Waals surface area contributed by atoms with Crippen LogP contribution < -0.4 is 19.5 Å². The molecule has 2 aliphatic heterocycles. The standard InChI is InChI=1S/C18H16ClNO4/c19-14-2-4-15-12(7-14)6-13(9-22-15)18(21)20-8-11-1-3-16-17(5-11)24-10-23-16/h1-5,7,13H,6,8-10H2,(H,20,21)/t13-/m1/s1. The molecule has 2 aromatic rings. The molecule has 0 spiro atoms. The second kappa shape index (κ2) is 6.24. The van der Waals surface area contributed by atoms with Crippen LogP contribution in [0.1, 0.15) is 11.1 Å². The van der Waals surface area contributed by atoms with Crippen LogP contribution in [0.4, 0.5) is 0 Å². The van der Waals surface area contributed by atoms with Crippen molar-refractivity contribution in [2.24, 2.45) is 5.92 Å². The highest BCUT2D eigenvalue weighted by Crippen LogP contribution is 2.33. The molecule has 0 aliphatic carbocycles. The van der Waals surface area contributed by atoms with Gasteiger partial charge in [-0.25, -0.2) is 0 Å². The average molecular weight is 346 g/mol. The van der Waals surface area contributed by atoms with Gasteiger partial charge in [0.05, 0.1) is 5.92 Å². The van der Waals surface area contributed by atoms with E-state index in [1.165, 1.54) is 0 Å². The average Bonchev–Trinajstić information content (AvgIpc) is 3.06. The Morgan fingerprint density at radius 1 is 1.08 bits per heavy atom. The first-order chi connectivity index (χ1) is 11.7. The van der Waals surface area contributed by atoms with Gasteiger partial charge in [0, 0.05) is 11.6 Å². The summed E-state index contributed by atoms with van der Waals surface area (Å²) in [4.78, 5) is 12.4. The number of ether oxygens (including phenoxy) is 3. The van der Waals surface area contributed by atoms with Crippen molar-refractivity contribution in [2.75, 3.05) is 13.4 Å². The van der Waals surface area contributed by atoms with Crippen molar-refractivity contribution in [1.29, 1.82) is 0 Å². The van der Waals surface area contributed by atoms with E-state index in [4.69, 9.17) is 25.8 Å². The zero-order valence-electron chi connectivity index (χ0n) is 12.9. The molecule has 5 nitrogen and oxygen atoms in total. The van der Waals surface area contributed by atoms with Gasteiger partial charge in [0.25, 0.3) is 0 Å². The summed E-state index contributed by atoms with van der Waals surface area (Å²) in [7, 11) is 0. The zero-order valence-corrected chi connectivity index (χ0v) is 13.6. The molecular weight excluding hydrogens is 330 g/mol. The summed E-state index contributed by atoms with van der Waals surface area (Å²) < 4.78 is 16.3. The summed E-state index contributed by atoms with van der Waals surface area (Å²) in [6, 6.07) is 11.1. The van der Waals surface area contributed by atoms with Crippen molar-refractivity contribution in [3.8, 4) is 17.2 Å². The first kappa shape index (κ1) is 15.1. The van der Waals surface area contributed by atoms with Gasteiger partial charge < -0.3 is 19.5 Å². The Morgan fingerprint density at radius 3 is 2.83 bits per heavy atom. The highest BCUT2D eigenvalue weighted by molar-refractivity contribution is 6.30. The summed E-state index contributed by atoms with van der Waals surface area (Å²) in [5.41, 5.74) is 1.93. The predicted octanol–water partition coefficient (Wildman–Crippen LogP) is 2.94. The van der Waals surface area contributed by atoms with Gasteiger partial charge in [0.2, 0.25) is 12.7 Å². The molecule has 24 heavy (non-hydrogen) atoms. The highest BCUT2D eigenvalue weighted by Gasteiger charge is 2.26. The van der Waals surface area contributed by atoms with Gasteiger partial charge in [0.15, 0.2) is 11.5 Å². The molecule has 2 heterocycles. The van der Waals surface area contributed by atoms with Crippen LogP contribution in [0.3, 0.4) is 0 Å². The van der Waals surface area contributed by atoms with Gasteiger partial charge in [-0.1, -0.05) is 17.7 Å². The fourth-order valence-electron chi connectivity index (χ4n) is 2.92. The van der Waals surface area contributed by atoms with Crippen molar-refractivity contribution in [3.63, 3.8) is 0 Å². The van der Waals surface area contributed by atoms with Crippen LogP contribution in [0.25, 0.3) is 0 Å². The Labute approximate surface area is 144 Å². The van der Waals surface area contributed by atoms with Crippen molar-refractivity contribution >= 4 is 17.5 Å². The van der Waals surface area contributed by atoms with Gasteiger partial charge in [-0.3, -0.25) is 4.79 Å². The molecule has 1 N–H and O–H groups in total. The van der Waals surface area contributed by atoms with Crippen LogP contribution in [0.2, 0.25) is 5.02 Å². The Balaban J connectivity index is 1.38. The first-order valence-corrected chi connectivity index (χ1v) is 8.14. The van der Waals surface area contributed by atoms with Gasteiger partial charge in [0.1, 0.15) is 12.4 Å². The van der Waals surface area contributed by atoms with Crippen LogP contribution in [-0.4, -0.2) is 19.3 Å². The number of fused-ring (bicyclic) bond motifs is 2. The Bertz CT molecular complexity index is 793. The predicted molar refractivity (Wildman–Crippen MR) is 88.6 cm³/mol. The fraction of sp³-hybridized carbons (Fsp3) is 0.278. The molecule has 1 amide bonds. The molecule has 0 fully saturated rings. The van der Waals surface area contributed by atoms with Gasteiger partial charge >= 0.3 is 0 Å². The molecule has 1 atom stereocenters. The molecule has 6 heteroatoms. The molecule has 0 bridgehead atoms. The molecular formula is C18H16ClNO4. The van der Waals surface area contributed by atoms with E-state index in [9.17, 15) is 4.79 Å². The van der Waals surface area contributed by atoms with E-state index in [-0.39, 0.29) is 18.6 Å². The molecule has 4 rings (SSSR count). The minimum atomic E-state index is -0.218. The van der Waals surface area contributed by atoms with E-state index in [1.54, 1.807) is 6.07 Å². The van der Waals surface area contributed by atoms with Crippen molar-refractivity contribution in [3.05, 3.63) is 52.5 Å². The molecule has 0 unspecified atom stereocenters. The van der Waals surface area contributed by atoms with Crippen molar-refractivity contribution in [2.45, 2.75) is 13.0 Å². The van der Waals surface area contributed by atoms with Crippen LogP contribution in [-0.2, 0) is 17.8 Å². The molecule has 0 saturated heterocycles. The Hall–Kier alpha value is -2.40. The second-order valence-electron chi connectivity index (χ2n) is 5.87. The number of carbonyl (C=O) groups is 1. The lowest BCUT2D eigenvalue weighted by Gasteiger charge is -2.24. The summed E-state index contributed by atoms with van der Waals surface area (Å²) in [5.74, 6) is 2.01. The maximum absolute atomic E-state index is 12.4. The van der Waals surface area contributed by atoms with Crippen molar-refractivity contribution < 1.29 is 19.0 Å². The number of benzene rings is 2. The third-order valence-corrected chi connectivity index (χ3v) is 4.44. The molecule has 2 aromatic carbocycles. The van der Waals surface area contributed by atoms with E-state index in [1.807, 2.05) is 30.3 Å². The number of halogens is 1. The SMILES string of the molecule is O=C(NCc1ccc2c(c1)OCO2)[C@H]1COc2ccc(Cl)cc2C1. The number of amides is 1. The third kappa shape index (κ3) is 2.99. The highest BCUT2D eigenvalue weighted by atomic mass is 35.5. The normalized spacial score (nSPS) is 17.8. The van der Waals surface area contributed by atoms with Crippen LogP contribution in [0.15, 0.2) is 36.4 Å². The lowest BCUT2D eigenvalue weighted by atomic mass is 9.96. The maximum Gasteiger partial charge on any atom is 0.231 e. The molecule has 0 aromatic heterocycles. The number of carbonyl (C=O) groups excluding carboxylic acids is 1. The largest absolute Gasteiger partial charge is 0.492 e. The smallest absolute Gasteiger partial charge is 0.231 e. The van der Waals surface area contributed by atoms with E-state index in [2.05, 4.69) is 5.32 Å². The number of hydrogen-bond acceptors (Lipinski definition) is 4. The lowest BCUT2D eigenvalue weighted by molar-refractivity contribution is -0.126. The minimum Gasteiger partial charge on any atom is -0.492 e. The Kier molecular flexibility index (Phi) is 3.94. The number of nitrogens with one attached hydrogen (secondary N) is 1. The van der Waals surface area contributed by atoms with Crippen LogP contribution in [0, 0.1) is 5.92 Å². The molecule has 2 aliphatic rings. The van der Waals surface area contributed by atoms with E-state index >= 15 is 0 Å². The third-order valence-electron chi connectivity index (χ3n) is 4.20. The summed E-state index contributed by atoms with van der Waals surface area (Å²) in [6.45, 7) is 1.06. The van der Waals surface area contributed by atoms with Gasteiger partial charge in [-0.2, -0.15) is 0 Å². The van der Waals surface area contributed by atoms with Crippen LogP contribution in [0.5, 0.6) is 17.2 Å². The van der Waals surface area contributed by atoms with E-state index in [0.717, 1.165) is 22.6 Å². The van der Waals surface area contributed by atoms with E-state index < -0.39 is 0 Å². The fourth-order valence-corrected chi connectivity index (χ4v) is 3.11. The molecule has 124 valence electrons. The number of hydrogen-bond donors (Lipinski definition) is 1. The number of rotatable bonds is 3. The van der Waals surface area contributed by atoms with Crippen molar-refractivity contribution in [1.82, 2.24) is 5.32 Å². The Morgan fingerprint density at radius 2 is 1.92 bits per heavy atom. The lowest BCUT2D eigenvalue weighted by Crippen LogP contribution is -2.37. The monoisotopic (exact) mass is 345 g/mol. The summed E-state index contributed by atoms with van der Waals surface area (Å²) in [5, 5.41) is 3.61. The quantitative estimate of drug-likeness (QED) is 0.929. The van der Waals surface area contributed by atoms with Crippen LogP contribution >= 0.6 is 11.6 Å². The molecule has 0 saturated carbocycles. The van der Waals surface area contributed by atoms with Gasteiger partial charge in [-0.05, 0) is 47.9 Å². The summed E-state index contributed by atoms with van der Waals surface area (Å²) in [6.07, 6.45) is 0.628. The van der Waals surface area contributed by atoms with E-state index in [0.29, 0.717) is 30.3 Å². The topological polar surface area (TPSA) is 56.8 Å². The molecule has 0 radical (unpaired) electrons. The minimum absolute atomic E-state index is 0.0294. The maximum atomic E-state index is 12.4. The summed E-state index contributed by atoms with van der Waals surface area (Å²) >= 11 is 6.01. The second-order valence-corrected chi connectivity index (χ2v) is 6.31. The zero-order chi connectivity index (χ0) is 16.5. The van der Waals surface area contributed by atoms with Gasteiger partial charge in [-0.15, -0.1) is 0 Å². The first-order valence-electron chi connectivity index (χ1n) is 7.76.